The second-order valence-corrected chi connectivity index (χ2v) is 4.69. The highest BCUT2D eigenvalue weighted by atomic mass is 79.9. The second kappa shape index (κ2) is 5.87. The van der Waals surface area contributed by atoms with Crippen LogP contribution >= 0.6 is 27.5 Å². The van der Waals surface area contributed by atoms with Gasteiger partial charge in [0.1, 0.15) is 5.15 Å². The van der Waals surface area contributed by atoms with Gasteiger partial charge in [-0.2, -0.15) is 5.10 Å². The zero-order valence-corrected chi connectivity index (χ0v) is 11.8. The van der Waals surface area contributed by atoms with Gasteiger partial charge in [0.15, 0.2) is 0 Å². The van der Waals surface area contributed by atoms with E-state index in [-0.39, 0.29) is 0 Å². The van der Waals surface area contributed by atoms with Crippen molar-refractivity contribution in [2.24, 2.45) is 7.05 Å². The minimum atomic E-state index is 0.750. The Morgan fingerprint density at radius 1 is 1.53 bits per heavy atom. The minimum absolute atomic E-state index is 0.750. The summed E-state index contributed by atoms with van der Waals surface area (Å²) in [5, 5.41) is 6.04. The van der Waals surface area contributed by atoms with Crippen LogP contribution in [-0.4, -0.2) is 33.1 Å². The van der Waals surface area contributed by atoms with E-state index in [0.29, 0.717) is 0 Å². The second-order valence-electron chi connectivity index (χ2n) is 3.54. The first-order valence-corrected chi connectivity index (χ1v) is 6.56. The van der Waals surface area contributed by atoms with Crippen LogP contribution in [0.3, 0.4) is 0 Å². The molecule has 0 aliphatic rings. The molecule has 0 atom stereocenters. The Labute approximate surface area is 105 Å². The molecule has 0 N–H and O–H groups in total. The molecule has 0 radical (unpaired) electrons. The molecule has 1 aromatic heterocycles. The summed E-state index contributed by atoms with van der Waals surface area (Å²) in [6.07, 6.45) is 0. The van der Waals surface area contributed by atoms with Crippen molar-refractivity contribution in [3.63, 3.8) is 0 Å². The van der Waals surface area contributed by atoms with Gasteiger partial charge >= 0.3 is 0 Å². The van der Waals surface area contributed by atoms with E-state index in [9.17, 15) is 0 Å². The molecule has 0 bridgehead atoms. The van der Waals surface area contributed by atoms with Gasteiger partial charge < -0.3 is 0 Å². The lowest BCUT2D eigenvalue weighted by Crippen LogP contribution is -2.25. The van der Waals surface area contributed by atoms with Crippen molar-refractivity contribution in [1.82, 2.24) is 14.7 Å². The quantitative estimate of drug-likeness (QED) is 0.778. The standard InChI is InChI=1S/C10H17BrClN3/c1-4-15(6-5-11)7-9-8(2)13-14(3)10(9)12/h4-7H2,1-3H3. The maximum Gasteiger partial charge on any atom is 0.131 e. The molecule has 1 aromatic rings. The van der Waals surface area contributed by atoms with E-state index in [2.05, 4.69) is 32.9 Å². The van der Waals surface area contributed by atoms with E-state index >= 15 is 0 Å². The predicted molar refractivity (Wildman–Crippen MR) is 67.7 cm³/mol. The molecule has 0 aliphatic carbocycles. The average Bonchev–Trinajstić information content (AvgIpc) is 2.44. The van der Waals surface area contributed by atoms with Gasteiger partial charge in [0, 0.05) is 31.0 Å². The Morgan fingerprint density at radius 3 is 2.60 bits per heavy atom. The number of aromatic nitrogens is 2. The molecule has 0 fully saturated rings. The lowest BCUT2D eigenvalue weighted by atomic mass is 10.2. The topological polar surface area (TPSA) is 21.1 Å². The molecular formula is C10H17BrClN3. The third kappa shape index (κ3) is 3.20. The molecule has 0 saturated heterocycles. The van der Waals surface area contributed by atoms with Crippen LogP contribution in [0.5, 0.6) is 0 Å². The lowest BCUT2D eigenvalue weighted by Gasteiger charge is -2.18. The van der Waals surface area contributed by atoms with Gasteiger partial charge in [-0.15, -0.1) is 0 Å². The first kappa shape index (κ1) is 13.0. The first-order chi connectivity index (χ1) is 7.10. The van der Waals surface area contributed by atoms with Gasteiger partial charge in [0.2, 0.25) is 0 Å². The zero-order chi connectivity index (χ0) is 11.4. The summed E-state index contributed by atoms with van der Waals surface area (Å²) in [5.41, 5.74) is 2.16. The largest absolute Gasteiger partial charge is 0.298 e. The number of hydrogen-bond donors (Lipinski definition) is 0. The van der Waals surface area contributed by atoms with E-state index in [1.165, 1.54) is 0 Å². The van der Waals surface area contributed by atoms with Gasteiger partial charge in [-0.05, 0) is 13.5 Å². The Morgan fingerprint density at radius 2 is 2.20 bits per heavy atom. The van der Waals surface area contributed by atoms with Crippen molar-refractivity contribution < 1.29 is 0 Å². The molecule has 0 amide bonds. The van der Waals surface area contributed by atoms with E-state index in [1.54, 1.807) is 4.68 Å². The fraction of sp³-hybridized carbons (Fsp3) is 0.700. The maximum absolute atomic E-state index is 6.18. The summed E-state index contributed by atoms with van der Waals surface area (Å²) in [5.74, 6) is 0. The fourth-order valence-electron chi connectivity index (χ4n) is 1.55. The first-order valence-electron chi connectivity index (χ1n) is 5.06. The fourth-order valence-corrected chi connectivity index (χ4v) is 2.28. The molecule has 15 heavy (non-hydrogen) atoms. The SMILES string of the molecule is CCN(CCBr)Cc1c(C)nn(C)c1Cl. The van der Waals surface area contributed by atoms with Crippen molar-refractivity contribution >= 4 is 27.5 Å². The highest BCUT2D eigenvalue weighted by Gasteiger charge is 2.13. The van der Waals surface area contributed by atoms with Crippen LogP contribution in [0.15, 0.2) is 0 Å². The normalized spacial score (nSPS) is 11.3. The van der Waals surface area contributed by atoms with Crippen molar-refractivity contribution in [3.05, 3.63) is 16.4 Å². The van der Waals surface area contributed by atoms with Gasteiger partial charge in [-0.3, -0.25) is 9.58 Å². The number of rotatable bonds is 5. The number of alkyl halides is 1. The Kier molecular flexibility index (Phi) is 5.09. The van der Waals surface area contributed by atoms with Gasteiger partial charge in [0.25, 0.3) is 0 Å². The highest BCUT2D eigenvalue weighted by Crippen LogP contribution is 2.20. The molecular weight excluding hydrogens is 277 g/mol. The smallest absolute Gasteiger partial charge is 0.131 e. The Hall–Kier alpha value is -0.0600. The van der Waals surface area contributed by atoms with Gasteiger partial charge in [0.05, 0.1) is 5.69 Å². The molecule has 0 spiro atoms. The van der Waals surface area contributed by atoms with Crippen LogP contribution in [0.25, 0.3) is 0 Å². The van der Waals surface area contributed by atoms with Crippen molar-refractivity contribution in [1.29, 1.82) is 0 Å². The summed E-state index contributed by atoms with van der Waals surface area (Å²) in [4.78, 5) is 2.34. The van der Waals surface area contributed by atoms with E-state index in [1.807, 2.05) is 14.0 Å². The molecule has 5 heteroatoms. The summed E-state index contributed by atoms with van der Waals surface area (Å²) in [7, 11) is 1.87. The number of halogens is 2. The molecule has 0 unspecified atom stereocenters. The van der Waals surface area contributed by atoms with Crippen LogP contribution in [-0.2, 0) is 13.6 Å². The third-order valence-electron chi connectivity index (χ3n) is 2.50. The number of hydrogen-bond acceptors (Lipinski definition) is 2. The zero-order valence-electron chi connectivity index (χ0n) is 9.43. The molecule has 0 aliphatic heterocycles. The summed E-state index contributed by atoms with van der Waals surface area (Å²) >= 11 is 9.63. The molecule has 0 aromatic carbocycles. The lowest BCUT2D eigenvalue weighted by molar-refractivity contribution is 0.298. The van der Waals surface area contributed by atoms with Crippen LogP contribution in [0.4, 0.5) is 0 Å². The average molecular weight is 295 g/mol. The summed E-state index contributed by atoms with van der Waals surface area (Å²) in [6, 6.07) is 0. The molecule has 3 nitrogen and oxygen atoms in total. The van der Waals surface area contributed by atoms with Crippen LogP contribution in [0, 0.1) is 6.92 Å². The van der Waals surface area contributed by atoms with Gasteiger partial charge in [-0.1, -0.05) is 34.5 Å². The third-order valence-corrected chi connectivity index (χ3v) is 3.33. The predicted octanol–water partition coefficient (Wildman–Crippen LogP) is 2.60. The van der Waals surface area contributed by atoms with Crippen molar-refractivity contribution in [2.75, 3.05) is 18.4 Å². The summed E-state index contributed by atoms with van der Waals surface area (Å²) in [6.45, 7) is 7.09. The molecule has 86 valence electrons. The number of nitrogens with zero attached hydrogens (tertiary/aromatic N) is 3. The molecule has 1 heterocycles. The summed E-state index contributed by atoms with van der Waals surface area (Å²) < 4.78 is 1.73. The Balaban J connectivity index is 2.78. The van der Waals surface area contributed by atoms with E-state index < -0.39 is 0 Å². The van der Waals surface area contributed by atoms with E-state index in [0.717, 1.165) is 41.4 Å². The highest BCUT2D eigenvalue weighted by molar-refractivity contribution is 9.09. The Bertz CT molecular complexity index is 325. The minimum Gasteiger partial charge on any atom is -0.298 e. The van der Waals surface area contributed by atoms with Crippen LogP contribution in [0.2, 0.25) is 5.15 Å². The van der Waals surface area contributed by atoms with Gasteiger partial charge in [-0.25, -0.2) is 0 Å². The maximum atomic E-state index is 6.18. The van der Waals surface area contributed by atoms with Crippen LogP contribution < -0.4 is 0 Å². The number of aryl methyl sites for hydroxylation is 2. The monoisotopic (exact) mass is 293 g/mol. The van der Waals surface area contributed by atoms with E-state index in [4.69, 9.17) is 11.6 Å². The molecule has 1 rings (SSSR count). The molecule has 0 saturated carbocycles. The van der Waals surface area contributed by atoms with Crippen LogP contribution in [0.1, 0.15) is 18.2 Å². The van der Waals surface area contributed by atoms with Crippen molar-refractivity contribution in [3.8, 4) is 0 Å². The van der Waals surface area contributed by atoms with Crippen molar-refractivity contribution in [2.45, 2.75) is 20.4 Å².